The highest BCUT2D eigenvalue weighted by atomic mass is 79.9. The van der Waals surface area contributed by atoms with Gasteiger partial charge in [-0.2, -0.15) is 0 Å². The molecule has 18 heavy (non-hydrogen) atoms. The van der Waals surface area contributed by atoms with Crippen LogP contribution in [0.5, 0.6) is 11.5 Å². The monoisotopic (exact) mass is 315 g/mol. The number of hydrogen-bond donors (Lipinski definition) is 2. The van der Waals surface area contributed by atoms with Crippen LogP contribution in [-0.4, -0.2) is 31.0 Å². The van der Waals surface area contributed by atoms with Crippen molar-refractivity contribution in [1.29, 1.82) is 0 Å². The zero-order valence-electron chi connectivity index (χ0n) is 10.6. The van der Waals surface area contributed by atoms with Crippen LogP contribution in [0, 0.1) is 0 Å². The van der Waals surface area contributed by atoms with Crippen LogP contribution in [0.2, 0.25) is 0 Å². The number of aliphatic hydroxyl groups excluding tert-OH is 1. The summed E-state index contributed by atoms with van der Waals surface area (Å²) in [6.07, 6.45) is 0. The molecule has 2 N–H and O–H groups in total. The number of aliphatic hydroxyl groups is 1. The van der Waals surface area contributed by atoms with Crippen molar-refractivity contribution in [2.75, 3.05) is 19.8 Å². The number of rotatable bonds is 4. The van der Waals surface area contributed by atoms with E-state index in [4.69, 9.17) is 9.47 Å². The van der Waals surface area contributed by atoms with Crippen molar-refractivity contribution in [1.82, 2.24) is 5.32 Å². The first-order valence-electron chi connectivity index (χ1n) is 6.07. The minimum atomic E-state index is -0.0999. The molecular weight excluding hydrogens is 298 g/mol. The SMILES string of the molecule is CC(C)NC(CO)c1cc(Br)c2c(c1)OCCO2. The van der Waals surface area contributed by atoms with Crippen LogP contribution in [0.25, 0.3) is 0 Å². The van der Waals surface area contributed by atoms with Gasteiger partial charge >= 0.3 is 0 Å². The Morgan fingerprint density at radius 2 is 2.06 bits per heavy atom. The summed E-state index contributed by atoms with van der Waals surface area (Å²) in [4.78, 5) is 0. The Morgan fingerprint density at radius 3 is 2.72 bits per heavy atom. The van der Waals surface area contributed by atoms with Gasteiger partial charge in [-0.15, -0.1) is 0 Å². The third-order valence-electron chi connectivity index (χ3n) is 2.74. The fraction of sp³-hybridized carbons (Fsp3) is 0.538. The smallest absolute Gasteiger partial charge is 0.175 e. The Morgan fingerprint density at radius 1 is 1.33 bits per heavy atom. The minimum Gasteiger partial charge on any atom is -0.486 e. The van der Waals surface area contributed by atoms with Gasteiger partial charge in [0.05, 0.1) is 17.1 Å². The third-order valence-corrected chi connectivity index (χ3v) is 3.33. The summed E-state index contributed by atoms with van der Waals surface area (Å²) in [5, 5.41) is 12.8. The van der Waals surface area contributed by atoms with Crippen LogP contribution in [0.1, 0.15) is 25.5 Å². The highest BCUT2D eigenvalue weighted by molar-refractivity contribution is 9.10. The highest BCUT2D eigenvalue weighted by Gasteiger charge is 2.20. The van der Waals surface area contributed by atoms with Crippen molar-refractivity contribution in [2.24, 2.45) is 0 Å². The Labute approximate surface area is 115 Å². The predicted molar refractivity (Wildman–Crippen MR) is 73.2 cm³/mol. The Hall–Kier alpha value is -0.780. The van der Waals surface area contributed by atoms with Crippen molar-refractivity contribution < 1.29 is 14.6 Å². The van der Waals surface area contributed by atoms with E-state index in [1.54, 1.807) is 0 Å². The van der Waals surface area contributed by atoms with Gasteiger partial charge in [-0.1, -0.05) is 13.8 Å². The second-order valence-electron chi connectivity index (χ2n) is 4.58. The van der Waals surface area contributed by atoms with Gasteiger partial charge in [0.25, 0.3) is 0 Å². The van der Waals surface area contributed by atoms with Gasteiger partial charge in [0.15, 0.2) is 11.5 Å². The normalized spacial score (nSPS) is 15.8. The maximum atomic E-state index is 9.47. The van der Waals surface area contributed by atoms with Gasteiger partial charge in [-0.25, -0.2) is 0 Å². The second kappa shape index (κ2) is 5.91. The van der Waals surface area contributed by atoms with Crippen molar-refractivity contribution in [3.8, 4) is 11.5 Å². The number of benzene rings is 1. The van der Waals surface area contributed by atoms with Gasteiger partial charge in [0.1, 0.15) is 13.2 Å². The van der Waals surface area contributed by atoms with Crippen LogP contribution < -0.4 is 14.8 Å². The molecule has 1 aliphatic heterocycles. The lowest BCUT2D eigenvalue weighted by atomic mass is 10.1. The summed E-state index contributed by atoms with van der Waals surface area (Å²) in [6.45, 7) is 5.28. The number of halogens is 1. The molecule has 5 heteroatoms. The quantitative estimate of drug-likeness (QED) is 0.895. The van der Waals surface area contributed by atoms with E-state index in [1.165, 1.54) is 0 Å². The number of fused-ring (bicyclic) bond motifs is 1. The van der Waals surface area contributed by atoms with Crippen molar-refractivity contribution >= 4 is 15.9 Å². The summed E-state index contributed by atoms with van der Waals surface area (Å²) >= 11 is 3.48. The Kier molecular flexibility index (Phi) is 4.48. The molecule has 0 saturated carbocycles. The number of ether oxygens (including phenoxy) is 2. The molecule has 0 radical (unpaired) electrons. The van der Waals surface area contributed by atoms with E-state index in [1.807, 2.05) is 12.1 Å². The summed E-state index contributed by atoms with van der Waals surface area (Å²) in [5.74, 6) is 1.47. The maximum Gasteiger partial charge on any atom is 0.175 e. The molecule has 4 nitrogen and oxygen atoms in total. The second-order valence-corrected chi connectivity index (χ2v) is 5.44. The van der Waals surface area contributed by atoms with E-state index in [9.17, 15) is 5.11 Å². The van der Waals surface area contributed by atoms with Crippen LogP contribution in [0.3, 0.4) is 0 Å². The fourth-order valence-corrected chi connectivity index (χ4v) is 2.56. The van der Waals surface area contributed by atoms with Crippen LogP contribution >= 0.6 is 15.9 Å². The molecule has 1 atom stereocenters. The predicted octanol–water partition coefficient (Wildman–Crippen LogP) is 2.25. The number of nitrogens with one attached hydrogen (secondary N) is 1. The molecule has 0 aromatic heterocycles. The highest BCUT2D eigenvalue weighted by Crippen LogP contribution is 2.39. The molecule has 1 heterocycles. The first-order chi connectivity index (χ1) is 8.61. The molecule has 1 unspecified atom stereocenters. The lowest BCUT2D eigenvalue weighted by Gasteiger charge is -2.24. The molecule has 0 bridgehead atoms. The third kappa shape index (κ3) is 2.96. The Bertz CT molecular complexity index is 423. The first kappa shape index (κ1) is 13.6. The first-order valence-corrected chi connectivity index (χ1v) is 6.87. The maximum absolute atomic E-state index is 9.47. The molecule has 1 aromatic carbocycles. The van der Waals surface area contributed by atoms with Crippen LogP contribution in [-0.2, 0) is 0 Å². The lowest BCUT2D eigenvalue weighted by Crippen LogP contribution is -2.30. The van der Waals surface area contributed by atoms with Gasteiger partial charge in [0.2, 0.25) is 0 Å². The molecule has 0 fully saturated rings. The average molecular weight is 316 g/mol. The van der Waals surface area contributed by atoms with Crippen LogP contribution in [0.4, 0.5) is 0 Å². The standard InChI is InChI=1S/C13H18BrNO3/c1-8(2)15-11(7-16)9-5-10(14)13-12(6-9)17-3-4-18-13/h5-6,8,11,15-16H,3-4,7H2,1-2H3. The zero-order valence-corrected chi connectivity index (χ0v) is 12.2. The lowest BCUT2D eigenvalue weighted by molar-refractivity contribution is 0.169. The summed E-state index contributed by atoms with van der Waals surface area (Å²) in [6, 6.07) is 4.09. The van der Waals surface area contributed by atoms with E-state index < -0.39 is 0 Å². The molecule has 0 amide bonds. The van der Waals surface area contributed by atoms with Crippen molar-refractivity contribution in [2.45, 2.75) is 25.9 Å². The van der Waals surface area contributed by atoms with E-state index >= 15 is 0 Å². The topological polar surface area (TPSA) is 50.7 Å². The van der Waals surface area contributed by atoms with Gasteiger partial charge in [0, 0.05) is 6.04 Å². The fourth-order valence-electron chi connectivity index (χ4n) is 1.99. The zero-order chi connectivity index (χ0) is 13.1. The van der Waals surface area contributed by atoms with Crippen molar-refractivity contribution in [3.63, 3.8) is 0 Å². The minimum absolute atomic E-state index is 0.0459. The molecule has 2 rings (SSSR count). The van der Waals surface area contributed by atoms with E-state index in [0.717, 1.165) is 21.5 Å². The average Bonchev–Trinajstić information content (AvgIpc) is 2.35. The molecule has 0 saturated heterocycles. The molecule has 1 aromatic rings. The largest absolute Gasteiger partial charge is 0.486 e. The molecular formula is C13H18BrNO3. The molecule has 0 aliphatic carbocycles. The van der Waals surface area contributed by atoms with Gasteiger partial charge in [-0.3, -0.25) is 0 Å². The molecule has 0 spiro atoms. The summed E-state index contributed by atoms with van der Waals surface area (Å²) in [7, 11) is 0. The molecule has 100 valence electrons. The summed E-state index contributed by atoms with van der Waals surface area (Å²) in [5.41, 5.74) is 0.988. The van der Waals surface area contributed by atoms with Crippen molar-refractivity contribution in [3.05, 3.63) is 22.2 Å². The van der Waals surface area contributed by atoms with Gasteiger partial charge in [-0.05, 0) is 33.6 Å². The molecule has 1 aliphatic rings. The summed E-state index contributed by atoms with van der Waals surface area (Å²) < 4.78 is 12.0. The van der Waals surface area contributed by atoms with Gasteiger partial charge < -0.3 is 19.9 Å². The van der Waals surface area contributed by atoms with E-state index in [-0.39, 0.29) is 12.6 Å². The Balaban J connectivity index is 2.30. The number of hydrogen-bond acceptors (Lipinski definition) is 4. The van der Waals surface area contributed by atoms with E-state index in [2.05, 4.69) is 35.1 Å². The van der Waals surface area contributed by atoms with Crippen LogP contribution in [0.15, 0.2) is 16.6 Å². The van der Waals surface area contributed by atoms with E-state index in [0.29, 0.717) is 19.3 Å².